The molecule has 0 bridgehead atoms. The molecule has 1 atom stereocenters. The average molecular weight is 203 g/mol. The summed E-state index contributed by atoms with van der Waals surface area (Å²) in [5, 5.41) is 0.0584. The lowest BCUT2D eigenvalue weighted by atomic mass is 10.1. The van der Waals surface area contributed by atoms with Crippen LogP contribution in [0, 0.1) is 6.92 Å². The molecule has 0 saturated carbocycles. The first-order chi connectivity index (χ1) is 5.74. The maximum Gasteiger partial charge on any atom is 0.0596 e. The minimum atomic E-state index is 0.0584. The molecule has 0 saturated heterocycles. The van der Waals surface area contributed by atoms with Crippen LogP contribution in [0.2, 0.25) is 0 Å². The third-order valence-electron chi connectivity index (χ3n) is 1.80. The van der Waals surface area contributed by atoms with E-state index in [4.69, 9.17) is 23.2 Å². The number of hydrogen-bond donors (Lipinski definition) is 0. The van der Waals surface area contributed by atoms with Crippen LogP contribution in [0.4, 0.5) is 0 Å². The van der Waals surface area contributed by atoms with E-state index in [1.807, 2.05) is 0 Å². The van der Waals surface area contributed by atoms with E-state index in [2.05, 4.69) is 31.2 Å². The van der Waals surface area contributed by atoms with Gasteiger partial charge in [-0.05, 0) is 18.9 Å². The molecular weight excluding hydrogens is 191 g/mol. The van der Waals surface area contributed by atoms with Gasteiger partial charge in [-0.2, -0.15) is 0 Å². The second-order valence-corrected chi connectivity index (χ2v) is 3.76. The maximum atomic E-state index is 6.07. The van der Waals surface area contributed by atoms with Crippen molar-refractivity contribution in [3.8, 4) is 0 Å². The van der Waals surface area contributed by atoms with Crippen LogP contribution in [0.15, 0.2) is 24.3 Å². The second kappa shape index (κ2) is 4.74. The molecule has 66 valence electrons. The summed E-state index contributed by atoms with van der Waals surface area (Å²) in [6.45, 7) is 2.06. The molecule has 0 radical (unpaired) electrons. The van der Waals surface area contributed by atoms with Gasteiger partial charge in [0, 0.05) is 5.88 Å². The number of hydrogen-bond acceptors (Lipinski definition) is 0. The molecular formula is C10H12Cl2. The van der Waals surface area contributed by atoms with Gasteiger partial charge in [-0.1, -0.05) is 29.8 Å². The molecule has 0 aliphatic rings. The zero-order valence-corrected chi connectivity index (χ0v) is 8.57. The molecule has 12 heavy (non-hydrogen) atoms. The van der Waals surface area contributed by atoms with Crippen LogP contribution in [0.1, 0.15) is 22.9 Å². The summed E-state index contributed by atoms with van der Waals surface area (Å²) in [7, 11) is 0. The summed E-state index contributed by atoms with van der Waals surface area (Å²) >= 11 is 11.7. The molecule has 0 N–H and O–H groups in total. The van der Waals surface area contributed by atoms with Crippen molar-refractivity contribution >= 4 is 23.2 Å². The average Bonchev–Trinajstić information content (AvgIpc) is 2.06. The molecule has 1 unspecified atom stereocenters. The minimum absolute atomic E-state index is 0.0584. The standard InChI is InChI=1S/C10H12Cl2/c1-8-2-4-9(5-3-8)10(12)6-7-11/h2-5,10H,6-7H2,1H3. The summed E-state index contributed by atoms with van der Waals surface area (Å²) in [4.78, 5) is 0. The van der Waals surface area contributed by atoms with Crippen LogP contribution in [0.5, 0.6) is 0 Å². The molecule has 1 aromatic carbocycles. The van der Waals surface area contributed by atoms with Crippen LogP contribution in [0.25, 0.3) is 0 Å². The maximum absolute atomic E-state index is 6.07. The largest absolute Gasteiger partial charge is 0.127 e. The van der Waals surface area contributed by atoms with Gasteiger partial charge >= 0.3 is 0 Å². The van der Waals surface area contributed by atoms with Gasteiger partial charge in [-0.25, -0.2) is 0 Å². The van der Waals surface area contributed by atoms with E-state index in [1.165, 1.54) is 5.56 Å². The normalized spacial score (nSPS) is 12.9. The molecule has 0 nitrogen and oxygen atoms in total. The van der Waals surface area contributed by atoms with Gasteiger partial charge in [0.2, 0.25) is 0 Å². The van der Waals surface area contributed by atoms with E-state index in [9.17, 15) is 0 Å². The number of rotatable bonds is 3. The highest BCUT2D eigenvalue weighted by atomic mass is 35.5. The van der Waals surface area contributed by atoms with Gasteiger partial charge in [-0.15, -0.1) is 23.2 Å². The number of halogens is 2. The van der Waals surface area contributed by atoms with E-state index in [-0.39, 0.29) is 5.38 Å². The Hall–Kier alpha value is -0.200. The van der Waals surface area contributed by atoms with Crippen molar-refractivity contribution < 1.29 is 0 Å². The molecule has 0 fully saturated rings. The van der Waals surface area contributed by atoms with Crippen molar-refractivity contribution in [3.05, 3.63) is 35.4 Å². The lowest BCUT2D eigenvalue weighted by Crippen LogP contribution is -1.90. The van der Waals surface area contributed by atoms with Gasteiger partial charge in [-0.3, -0.25) is 0 Å². The van der Waals surface area contributed by atoms with Crippen molar-refractivity contribution in [2.75, 3.05) is 5.88 Å². The van der Waals surface area contributed by atoms with Crippen LogP contribution in [0.3, 0.4) is 0 Å². The minimum Gasteiger partial charge on any atom is -0.127 e. The highest BCUT2D eigenvalue weighted by molar-refractivity contribution is 6.22. The Morgan fingerprint density at radius 1 is 1.25 bits per heavy atom. The quantitative estimate of drug-likeness (QED) is 0.653. The van der Waals surface area contributed by atoms with Crippen molar-refractivity contribution in [1.82, 2.24) is 0 Å². The third-order valence-corrected chi connectivity index (χ3v) is 2.49. The predicted octanol–water partition coefficient (Wildman–Crippen LogP) is 3.90. The van der Waals surface area contributed by atoms with E-state index in [0.717, 1.165) is 12.0 Å². The number of alkyl halides is 2. The molecule has 2 heteroatoms. The lowest BCUT2D eigenvalue weighted by molar-refractivity contribution is 0.890. The zero-order valence-electron chi connectivity index (χ0n) is 7.06. The summed E-state index contributed by atoms with van der Waals surface area (Å²) in [5.74, 6) is 0.613. The first-order valence-electron chi connectivity index (χ1n) is 4.00. The van der Waals surface area contributed by atoms with Crippen molar-refractivity contribution in [3.63, 3.8) is 0 Å². The van der Waals surface area contributed by atoms with Crippen molar-refractivity contribution in [1.29, 1.82) is 0 Å². The van der Waals surface area contributed by atoms with E-state index < -0.39 is 0 Å². The SMILES string of the molecule is Cc1ccc(C(Cl)CCCl)cc1. The van der Waals surface area contributed by atoms with Crippen molar-refractivity contribution in [2.24, 2.45) is 0 Å². The Labute approximate surface area is 83.5 Å². The molecule has 0 heterocycles. The fraction of sp³-hybridized carbons (Fsp3) is 0.400. The van der Waals surface area contributed by atoms with Crippen LogP contribution >= 0.6 is 23.2 Å². The molecule has 0 aliphatic heterocycles. The van der Waals surface area contributed by atoms with Gasteiger partial charge in [0.05, 0.1) is 5.38 Å². The van der Waals surface area contributed by atoms with Gasteiger partial charge in [0.15, 0.2) is 0 Å². The Morgan fingerprint density at radius 3 is 2.33 bits per heavy atom. The molecule has 1 aromatic rings. The third kappa shape index (κ3) is 2.69. The summed E-state index contributed by atoms with van der Waals surface area (Å²) in [6, 6.07) is 8.25. The molecule has 0 amide bonds. The van der Waals surface area contributed by atoms with Gasteiger partial charge in [0.25, 0.3) is 0 Å². The Balaban J connectivity index is 2.68. The first kappa shape index (κ1) is 9.88. The van der Waals surface area contributed by atoms with E-state index in [1.54, 1.807) is 0 Å². The molecule has 0 spiro atoms. The molecule has 0 aromatic heterocycles. The summed E-state index contributed by atoms with van der Waals surface area (Å²) < 4.78 is 0. The van der Waals surface area contributed by atoms with Gasteiger partial charge in [0.1, 0.15) is 0 Å². The van der Waals surface area contributed by atoms with Crippen LogP contribution in [-0.2, 0) is 0 Å². The second-order valence-electron chi connectivity index (χ2n) is 2.86. The monoisotopic (exact) mass is 202 g/mol. The first-order valence-corrected chi connectivity index (χ1v) is 4.97. The fourth-order valence-electron chi connectivity index (χ4n) is 1.04. The van der Waals surface area contributed by atoms with Crippen LogP contribution in [-0.4, -0.2) is 5.88 Å². The van der Waals surface area contributed by atoms with E-state index in [0.29, 0.717) is 5.88 Å². The Bertz CT molecular complexity index is 228. The molecule has 1 rings (SSSR count). The number of benzene rings is 1. The van der Waals surface area contributed by atoms with Gasteiger partial charge < -0.3 is 0 Å². The number of aryl methyl sites for hydroxylation is 1. The summed E-state index contributed by atoms with van der Waals surface area (Å²) in [6.07, 6.45) is 0.826. The highest BCUT2D eigenvalue weighted by Gasteiger charge is 2.05. The zero-order chi connectivity index (χ0) is 8.97. The fourth-order valence-corrected chi connectivity index (χ4v) is 1.62. The van der Waals surface area contributed by atoms with Crippen LogP contribution < -0.4 is 0 Å². The Kier molecular flexibility index (Phi) is 3.90. The lowest BCUT2D eigenvalue weighted by Gasteiger charge is -2.07. The highest BCUT2D eigenvalue weighted by Crippen LogP contribution is 2.24. The topological polar surface area (TPSA) is 0 Å². The Morgan fingerprint density at radius 2 is 1.83 bits per heavy atom. The van der Waals surface area contributed by atoms with Crippen molar-refractivity contribution in [2.45, 2.75) is 18.7 Å². The molecule has 0 aliphatic carbocycles. The smallest absolute Gasteiger partial charge is 0.0596 e. The summed E-state index contributed by atoms with van der Waals surface area (Å²) in [5.41, 5.74) is 2.41. The van der Waals surface area contributed by atoms with E-state index >= 15 is 0 Å². The predicted molar refractivity (Wildman–Crippen MR) is 55.1 cm³/mol.